The molecule has 0 amide bonds. The van der Waals surface area contributed by atoms with Gasteiger partial charge in [0.15, 0.2) is 0 Å². The minimum atomic E-state index is -4.65. The zero-order valence-corrected chi connectivity index (χ0v) is 7.97. The van der Waals surface area contributed by atoms with Crippen molar-refractivity contribution in [3.8, 4) is 0 Å². The van der Waals surface area contributed by atoms with E-state index in [0.29, 0.717) is 0 Å². The largest absolute Gasteiger partial charge is 0.431 e. The average molecular weight is 233 g/mol. The summed E-state index contributed by atoms with van der Waals surface area (Å²) >= 11 is 0. The molecular weight excluding hydrogens is 227 g/mol. The Labute approximate surface area is 85.5 Å². The molecule has 0 aliphatic rings. The van der Waals surface area contributed by atoms with Crippen molar-refractivity contribution < 1.29 is 13.2 Å². The fourth-order valence-corrected chi connectivity index (χ4v) is 1.42. The number of rotatable bonds is 0. The van der Waals surface area contributed by atoms with Gasteiger partial charge in [-0.1, -0.05) is 0 Å². The fourth-order valence-electron chi connectivity index (χ4n) is 1.42. The Morgan fingerprint density at radius 3 is 2.50 bits per heavy atom. The number of fused-ring (bicyclic) bond motifs is 1. The summed E-state index contributed by atoms with van der Waals surface area (Å²) < 4.78 is 38.2. The third-order valence-electron chi connectivity index (χ3n) is 2.17. The highest BCUT2D eigenvalue weighted by Gasteiger charge is 2.35. The maximum absolute atomic E-state index is 12.5. The van der Waals surface area contributed by atoms with E-state index in [-0.39, 0.29) is 5.65 Å². The maximum Gasteiger partial charge on any atom is 0.431 e. The molecule has 0 aliphatic heterocycles. The molecule has 8 heteroatoms. The van der Waals surface area contributed by atoms with Gasteiger partial charge in [-0.15, -0.1) is 0 Å². The van der Waals surface area contributed by atoms with E-state index < -0.39 is 28.6 Å². The lowest BCUT2D eigenvalue weighted by atomic mass is 10.2. The zero-order chi connectivity index (χ0) is 12.1. The van der Waals surface area contributed by atoms with Crippen LogP contribution in [-0.2, 0) is 6.18 Å². The molecular formula is C8H6F3N3O2. The van der Waals surface area contributed by atoms with E-state index in [1.807, 2.05) is 4.98 Å². The number of aromatic amines is 2. The summed E-state index contributed by atoms with van der Waals surface area (Å²) in [6.45, 7) is 1.04. The number of nitrogens with zero attached hydrogens (tertiary/aromatic N) is 1. The van der Waals surface area contributed by atoms with Crippen molar-refractivity contribution in [2.45, 2.75) is 13.1 Å². The van der Waals surface area contributed by atoms with Crippen LogP contribution in [0.5, 0.6) is 0 Å². The Kier molecular flexibility index (Phi) is 1.97. The second-order valence-electron chi connectivity index (χ2n) is 3.27. The normalized spacial score (nSPS) is 12.2. The van der Waals surface area contributed by atoms with Gasteiger partial charge in [-0.3, -0.25) is 14.7 Å². The molecule has 0 saturated carbocycles. The van der Waals surface area contributed by atoms with Gasteiger partial charge in [-0.2, -0.15) is 13.2 Å². The molecule has 0 aromatic carbocycles. The van der Waals surface area contributed by atoms with Gasteiger partial charge < -0.3 is 4.98 Å². The van der Waals surface area contributed by atoms with Crippen molar-refractivity contribution in [1.29, 1.82) is 0 Å². The minimum Gasteiger partial charge on any atom is -0.336 e. The molecule has 0 atom stereocenters. The van der Waals surface area contributed by atoms with Gasteiger partial charge in [-0.25, -0.2) is 4.52 Å². The summed E-state index contributed by atoms with van der Waals surface area (Å²) in [5.41, 5.74) is -3.40. The van der Waals surface area contributed by atoms with Crippen molar-refractivity contribution >= 4 is 5.65 Å². The van der Waals surface area contributed by atoms with Gasteiger partial charge in [0, 0.05) is 11.6 Å². The highest BCUT2D eigenvalue weighted by atomic mass is 19.4. The Balaban J connectivity index is 2.94. The van der Waals surface area contributed by atoms with Crippen LogP contribution in [0.1, 0.15) is 11.3 Å². The van der Waals surface area contributed by atoms with E-state index in [9.17, 15) is 22.8 Å². The van der Waals surface area contributed by atoms with Crippen LogP contribution in [-0.4, -0.2) is 14.6 Å². The molecule has 2 aromatic rings. The summed E-state index contributed by atoms with van der Waals surface area (Å²) in [6, 6.07) is 0.885. The summed E-state index contributed by atoms with van der Waals surface area (Å²) in [6.07, 6.45) is -4.65. The fraction of sp³-hybridized carbons (Fsp3) is 0.250. The average Bonchev–Trinajstić information content (AvgIpc) is 2.51. The molecule has 2 rings (SSSR count). The van der Waals surface area contributed by atoms with Gasteiger partial charge >= 0.3 is 6.18 Å². The van der Waals surface area contributed by atoms with E-state index >= 15 is 0 Å². The third-order valence-corrected chi connectivity index (χ3v) is 2.17. The van der Waals surface area contributed by atoms with Gasteiger partial charge in [-0.05, 0) is 6.92 Å². The van der Waals surface area contributed by atoms with Crippen LogP contribution in [0.2, 0.25) is 0 Å². The Hall–Kier alpha value is -1.99. The molecule has 0 fully saturated rings. The van der Waals surface area contributed by atoms with Crippen LogP contribution >= 0.6 is 0 Å². The highest BCUT2D eigenvalue weighted by molar-refractivity contribution is 5.39. The Bertz CT molecular complexity index is 662. The summed E-state index contributed by atoms with van der Waals surface area (Å²) in [7, 11) is 0. The lowest BCUT2D eigenvalue weighted by molar-refractivity contribution is -0.141. The van der Waals surface area contributed by atoms with Crippen LogP contribution in [0.25, 0.3) is 5.65 Å². The topological polar surface area (TPSA) is 70.1 Å². The quantitative estimate of drug-likeness (QED) is 0.701. The molecule has 0 saturated heterocycles. The maximum atomic E-state index is 12.5. The Morgan fingerprint density at radius 1 is 1.31 bits per heavy atom. The molecule has 0 spiro atoms. The molecule has 0 unspecified atom stereocenters. The van der Waals surface area contributed by atoms with Crippen LogP contribution in [0.4, 0.5) is 13.2 Å². The molecule has 5 nitrogen and oxygen atoms in total. The lowest BCUT2D eigenvalue weighted by Gasteiger charge is -2.09. The van der Waals surface area contributed by atoms with Crippen molar-refractivity contribution in [2.75, 3.05) is 0 Å². The van der Waals surface area contributed by atoms with E-state index in [0.717, 1.165) is 17.5 Å². The molecule has 86 valence electrons. The van der Waals surface area contributed by atoms with Crippen LogP contribution < -0.4 is 11.1 Å². The number of nitrogens with one attached hydrogen (secondary N) is 2. The molecule has 2 aromatic heterocycles. The number of aromatic nitrogens is 3. The first-order valence-corrected chi connectivity index (χ1v) is 4.22. The number of alkyl halides is 3. The van der Waals surface area contributed by atoms with E-state index in [4.69, 9.17) is 0 Å². The predicted molar refractivity (Wildman–Crippen MR) is 48.4 cm³/mol. The first-order valence-electron chi connectivity index (χ1n) is 4.22. The van der Waals surface area contributed by atoms with Crippen molar-refractivity contribution in [2.24, 2.45) is 0 Å². The lowest BCUT2D eigenvalue weighted by Crippen LogP contribution is -2.25. The van der Waals surface area contributed by atoms with Crippen molar-refractivity contribution in [1.82, 2.24) is 14.6 Å². The van der Waals surface area contributed by atoms with Crippen LogP contribution in [0.15, 0.2) is 15.7 Å². The molecule has 0 aliphatic carbocycles. The predicted octanol–water partition coefficient (Wildman–Crippen LogP) is 0.643. The number of halogens is 3. The molecule has 0 radical (unpaired) electrons. The summed E-state index contributed by atoms with van der Waals surface area (Å²) in [5.74, 6) is 0. The number of H-pyrrole nitrogens is 2. The van der Waals surface area contributed by atoms with E-state index in [1.54, 1.807) is 0 Å². The smallest absolute Gasteiger partial charge is 0.336 e. The zero-order valence-electron chi connectivity index (χ0n) is 7.97. The standard InChI is InChI=1S/C8H6F3N3O2/c1-3-6(8(9,10)11)12-4-2-5(15)13-14(4)7(3)16/h2,12H,1H3,(H,13,15). The SMILES string of the molecule is Cc1c(C(F)(F)F)[nH]c2cc(=O)[nH]n2c1=O. The third kappa shape index (κ3) is 1.42. The second kappa shape index (κ2) is 3.00. The molecule has 0 bridgehead atoms. The highest BCUT2D eigenvalue weighted by Crippen LogP contribution is 2.28. The van der Waals surface area contributed by atoms with Crippen LogP contribution in [0, 0.1) is 6.92 Å². The molecule has 16 heavy (non-hydrogen) atoms. The first kappa shape index (κ1) is 10.5. The van der Waals surface area contributed by atoms with Crippen molar-refractivity contribution in [3.05, 3.63) is 38.0 Å². The van der Waals surface area contributed by atoms with Gasteiger partial charge in [0.1, 0.15) is 11.3 Å². The van der Waals surface area contributed by atoms with E-state index in [2.05, 4.69) is 5.10 Å². The monoisotopic (exact) mass is 233 g/mol. The molecule has 2 N–H and O–H groups in total. The van der Waals surface area contributed by atoms with Gasteiger partial charge in [0.2, 0.25) is 0 Å². The van der Waals surface area contributed by atoms with Gasteiger partial charge in [0.05, 0.1) is 0 Å². The number of hydrogen-bond acceptors (Lipinski definition) is 2. The second-order valence-corrected chi connectivity index (χ2v) is 3.27. The molecule has 2 heterocycles. The van der Waals surface area contributed by atoms with Crippen molar-refractivity contribution in [3.63, 3.8) is 0 Å². The van der Waals surface area contributed by atoms with Gasteiger partial charge in [0.25, 0.3) is 11.1 Å². The van der Waals surface area contributed by atoms with Crippen LogP contribution in [0.3, 0.4) is 0 Å². The minimum absolute atomic E-state index is 0.215. The van der Waals surface area contributed by atoms with E-state index in [1.165, 1.54) is 0 Å². The Morgan fingerprint density at radius 2 is 1.94 bits per heavy atom. The summed E-state index contributed by atoms with van der Waals surface area (Å²) in [5, 5.41) is 2.10. The first-order chi connectivity index (χ1) is 7.30. The summed E-state index contributed by atoms with van der Waals surface area (Å²) in [4.78, 5) is 24.4. The number of hydrogen-bond donors (Lipinski definition) is 2.